The maximum atomic E-state index is 12.2. The third kappa shape index (κ3) is 10.8. The maximum absolute atomic E-state index is 12.2. The molecule has 1 rings (SSSR count). The lowest BCUT2D eigenvalue weighted by atomic mass is 9.72. The van der Waals surface area contributed by atoms with E-state index in [1.807, 2.05) is 19.1 Å². The Labute approximate surface area is 198 Å². The molecule has 0 fully saturated rings. The van der Waals surface area contributed by atoms with Gasteiger partial charge in [0.1, 0.15) is 11.8 Å². The molecule has 1 atom stereocenters. The van der Waals surface area contributed by atoms with E-state index in [1.54, 1.807) is 19.9 Å². The van der Waals surface area contributed by atoms with E-state index in [1.165, 1.54) is 30.1 Å². The average Bonchev–Trinajstić information content (AvgIpc) is 2.65. The molecule has 0 aliphatic heterocycles. The van der Waals surface area contributed by atoms with Gasteiger partial charge in [0, 0.05) is 6.08 Å². The van der Waals surface area contributed by atoms with Gasteiger partial charge in [-0.15, -0.1) is 0 Å². The second-order valence-electron chi connectivity index (χ2n) is 8.98. The molecule has 7 nitrogen and oxygen atoms in total. The zero-order valence-electron chi connectivity index (χ0n) is 20.5. The Kier molecular flexibility index (Phi) is 11.0. The Morgan fingerprint density at radius 1 is 1.21 bits per heavy atom. The summed E-state index contributed by atoms with van der Waals surface area (Å²) >= 11 is 0. The molecule has 0 unspecified atom stereocenters. The number of esters is 1. The van der Waals surface area contributed by atoms with Gasteiger partial charge >= 0.3 is 5.97 Å². The monoisotopic (exact) mass is 479 g/mol. The number of carbonyl (C=O) groups is 2. The molecule has 33 heavy (non-hydrogen) atoms. The van der Waals surface area contributed by atoms with Crippen molar-refractivity contribution >= 4 is 22.0 Å². The minimum Gasteiger partial charge on any atom is -0.464 e. The van der Waals surface area contributed by atoms with Crippen molar-refractivity contribution < 1.29 is 27.3 Å². The predicted molar refractivity (Wildman–Crippen MR) is 131 cm³/mol. The van der Waals surface area contributed by atoms with Crippen molar-refractivity contribution in [2.75, 3.05) is 12.4 Å². The number of ether oxygens (including phenoxy) is 1. The summed E-state index contributed by atoms with van der Waals surface area (Å²) in [6.07, 6.45) is 14.5. The summed E-state index contributed by atoms with van der Waals surface area (Å²) in [5.74, 6) is -2.55. The van der Waals surface area contributed by atoms with Crippen LogP contribution >= 0.6 is 0 Å². The quantitative estimate of drug-likeness (QED) is 0.207. The van der Waals surface area contributed by atoms with E-state index in [2.05, 4.69) is 38.2 Å². The maximum Gasteiger partial charge on any atom is 0.329 e. The molecular formula is C25H37NO6S. The molecule has 1 amide bonds. The fraction of sp³-hybridized carbons (Fsp3) is 0.520. The van der Waals surface area contributed by atoms with Crippen LogP contribution < -0.4 is 5.32 Å². The summed E-state index contributed by atoms with van der Waals surface area (Å²) in [5, 5.41) is 2.26. The smallest absolute Gasteiger partial charge is 0.329 e. The first-order valence-corrected chi connectivity index (χ1v) is 12.7. The van der Waals surface area contributed by atoms with Crippen LogP contribution in [0.1, 0.15) is 60.8 Å². The summed E-state index contributed by atoms with van der Waals surface area (Å²) < 4.78 is 36.0. The lowest BCUT2D eigenvalue weighted by molar-refractivity contribution is -0.146. The van der Waals surface area contributed by atoms with Crippen LogP contribution in [-0.4, -0.2) is 43.2 Å². The van der Waals surface area contributed by atoms with Crippen molar-refractivity contribution in [3.63, 3.8) is 0 Å². The molecule has 0 aromatic heterocycles. The first-order chi connectivity index (χ1) is 15.2. The molecule has 0 aromatic rings. The van der Waals surface area contributed by atoms with Gasteiger partial charge in [-0.05, 0) is 63.5 Å². The molecule has 0 radical (unpaired) electrons. The normalized spacial score (nSPS) is 18.6. The van der Waals surface area contributed by atoms with E-state index in [4.69, 9.17) is 9.29 Å². The van der Waals surface area contributed by atoms with Crippen molar-refractivity contribution in [1.29, 1.82) is 0 Å². The van der Waals surface area contributed by atoms with E-state index in [0.29, 0.717) is 5.57 Å². The SMILES string of the molecule is CCOC(=O)[C@H](CS(=O)(=O)O)NC(=O)/C=C(/C)C=CC=C(C)C=CC1=C(C)CCCC1(C)C. The zero-order chi connectivity index (χ0) is 25.2. The lowest BCUT2D eigenvalue weighted by Crippen LogP contribution is -2.45. The highest BCUT2D eigenvalue weighted by Gasteiger charge is 2.27. The van der Waals surface area contributed by atoms with Crippen molar-refractivity contribution in [2.45, 2.75) is 66.8 Å². The molecule has 0 heterocycles. The first kappa shape index (κ1) is 28.6. The van der Waals surface area contributed by atoms with Gasteiger partial charge in [0.25, 0.3) is 10.1 Å². The minimum absolute atomic E-state index is 0.0166. The molecule has 2 N–H and O–H groups in total. The highest BCUT2D eigenvalue weighted by molar-refractivity contribution is 7.85. The average molecular weight is 480 g/mol. The molecular weight excluding hydrogens is 442 g/mol. The highest BCUT2D eigenvalue weighted by atomic mass is 32.2. The summed E-state index contributed by atoms with van der Waals surface area (Å²) in [6.45, 7) is 12.0. The van der Waals surface area contributed by atoms with Crippen molar-refractivity contribution in [1.82, 2.24) is 5.32 Å². The summed E-state index contributed by atoms with van der Waals surface area (Å²) in [5.41, 5.74) is 4.66. The van der Waals surface area contributed by atoms with E-state index in [9.17, 15) is 18.0 Å². The topological polar surface area (TPSA) is 110 Å². The van der Waals surface area contributed by atoms with Crippen LogP contribution in [0.15, 0.2) is 58.7 Å². The van der Waals surface area contributed by atoms with Gasteiger partial charge in [-0.1, -0.05) is 55.4 Å². The van der Waals surface area contributed by atoms with Crippen LogP contribution in [0.5, 0.6) is 0 Å². The van der Waals surface area contributed by atoms with Crippen LogP contribution in [0, 0.1) is 5.41 Å². The molecule has 0 spiro atoms. The van der Waals surface area contributed by atoms with Crippen LogP contribution in [0.25, 0.3) is 0 Å². The van der Waals surface area contributed by atoms with Crippen molar-refractivity contribution in [3.8, 4) is 0 Å². The van der Waals surface area contributed by atoms with E-state index >= 15 is 0 Å². The summed E-state index contributed by atoms with van der Waals surface area (Å²) in [6, 6.07) is -1.49. The molecule has 1 aliphatic carbocycles. The Morgan fingerprint density at radius 3 is 2.45 bits per heavy atom. The number of hydrogen-bond acceptors (Lipinski definition) is 5. The van der Waals surface area contributed by atoms with Gasteiger partial charge in [0.15, 0.2) is 0 Å². The number of carbonyl (C=O) groups excluding carboxylic acids is 2. The van der Waals surface area contributed by atoms with Gasteiger partial charge in [0.2, 0.25) is 5.91 Å². The number of nitrogens with one attached hydrogen (secondary N) is 1. The second kappa shape index (κ2) is 12.7. The fourth-order valence-corrected chi connectivity index (χ4v) is 4.36. The summed E-state index contributed by atoms with van der Waals surface area (Å²) in [7, 11) is -4.48. The highest BCUT2D eigenvalue weighted by Crippen LogP contribution is 2.40. The number of allylic oxidation sites excluding steroid dienone is 9. The predicted octanol–water partition coefficient (Wildman–Crippen LogP) is 4.45. The Hall–Kier alpha value is -2.45. The van der Waals surface area contributed by atoms with Crippen molar-refractivity contribution in [2.24, 2.45) is 5.41 Å². The molecule has 0 saturated heterocycles. The van der Waals surface area contributed by atoms with Crippen LogP contribution in [0.3, 0.4) is 0 Å². The molecule has 0 bridgehead atoms. The largest absolute Gasteiger partial charge is 0.464 e. The van der Waals surface area contributed by atoms with Crippen LogP contribution in [0.4, 0.5) is 0 Å². The minimum atomic E-state index is -4.48. The van der Waals surface area contributed by atoms with Gasteiger partial charge in [-0.3, -0.25) is 9.35 Å². The lowest BCUT2D eigenvalue weighted by Gasteiger charge is -2.32. The van der Waals surface area contributed by atoms with E-state index < -0.39 is 33.8 Å². The third-order valence-corrected chi connectivity index (χ3v) is 6.15. The fourth-order valence-electron chi connectivity index (χ4n) is 3.72. The zero-order valence-corrected chi connectivity index (χ0v) is 21.3. The van der Waals surface area contributed by atoms with Gasteiger partial charge < -0.3 is 10.1 Å². The number of hydrogen-bond donors (Lipinski definition) is 2. The van der Waals surface area contributed by atoms with Crippen molar-refractivity contribution in [3.05, 3.63) is 58.7 Å². The Balaban J connectivity index is 2.81. The Bertz CT molecular complexity index is 980. The molecule has 184 valence electrons. The van der Waals surface area contributed by atoms with Gasteiger partial charge in [-0.25, -0.2) is 4.79 Å². The van der Waals surface area contributed by atoms with Gasteiger partial charge in [0.05, 0.1) is 6.61 Å². The van der Waals surface area contributed by atoms with E-state index in [-0.39, 0.29) is 12.0 Å². The second-order valence-corrected chi connectivity index (χ2v) is 10.5. The van der Waals surface area contributed by atoms with Crippen LogP contribution in [0.2, 0.25) is 0 Å². The number of rotatable bonds is 10. The van der Waals surface area contributed by atoms with Gasteiger partial charge in [-0.2, -0.15) is 8.42 Å². The molecule has 1 aliphatic rings. The molecule has 0 aromatic carbocycles. The standard InChI is InChI=1S/C25H37NO6S/c1-7-32-24(28)22(17-33(29,30)31)26-23(27)16-19(3)11-8-10-18(2)13-14-21-20(4)12-9-15-25(21,5)6/h8,10-11,13-14,16,22H,7,9,12,15,17H2,1-6H3,(H,26,27)(H,29,30,31)/b11-8?,14-13?,18-10?,19-16-/t22-/m0/s1. The van der Waals surface area contributed by atoms with E-state index in [0.717, 1.165) is 12.0 Å². The Morgan fingerprint density at radius 2 is 1.88 bits per heavy atom. The molecule has 8 heteroatoms. The summed E-state index contributed by atoms with van der Waals surface area (Å²) in [4.78, 5) is 24.0. The van der Waals surface area contributed by atoms with Crippen LogP contribution in [-0.2, 0) is 24.4 Å². The number of amides is 1. The third-order valence-electron chi connectivity index (χ3n) is 5.40. The molecule has 0 saturated carbocycles. The first-order valence-electron chi connectivity index (χ1n) is 11.1.